The fourth-order valence-electron chi connectivity index (χ4n) is 4.35. The topological polar surface area (TPSA) is 71.1 Å². The molecule has 3 N–H and O–H groups in total. The van der Waals surface area contributed by atoms with Gasteiger partial charge in [-0.25, -0.2) is 9.97 Å². The molecule has 0 bridgehead atoms. The van der Waals surface area contributed by atoms with Gasteiger partial charge in [-0.3, -0.25) is 0 Å². The molecular formula is C24H33ClFN5O. The third-order valence-corrected chi connectivity index (χ3v) is 6.60. The lowest BCUT2D eigenvalue weighted by molar-refractivity contribution is 0.161. The molecule has 0 radical (unpaired) electrons. The molecule has 174 valence electrons. The Labute approximate surface area is 194 Å². The van der Waals surface area contributed by atoms with Crippen molar-refractivity contribution in [1.82, 2.24) is 15.3 Å². The van der Waals surface area contributed by atoms with Crippen molar-refractivity contribution < 1.29 is 9.13 Å². The van der Waals surface area contributed by atoms with Gasteiger partial charge >= 0.3 is 0 Å². The van der Waals surface area contributed by atoms with Crippen LogP contribution >= 0.6 is 11.6 Å². The van der Waals surface area contributed by atoms with Crippen LogP contribution in [0.5, 0.6) is 0 Å². The number of hydrogen-bond acceptors (Lipinski definition) is 6. The molecule has 6 nitrogen and oxygen atoms in total. The van der Waals surface area contributed by atoms with Crippen molar-refractivity contribution in [2.45, 2.75) is 63.6 Å². The lowest BCUT2D eigenvalue weighted by Crippen LogP contribution is -2.42. The minimum atomic E-state index is -0.483. The molecule has 2 heterocycles. The van der Waals surface area contributed by atoms with Gasteiger partial charge in [-0.15, -0.1) is 0 Å². The van der Waals surface area contributed by atoms with Crippen molar-refractivity contribution in [2.24, 2.45) is 5.92 Å². The third-order valence-electron chi connectivity index (χ3n) is 6.30. The van der Waals surface area contributed by atoms with Crippen molar-refractivity contribution >= 4 is 23.1 Å². The predicted octanol–water partition coefficient (Wildman–Crippen LogP) is 5.11. The van der Waals surface area contributed by atoms with E-state index in [1.54, 1.807) is 19.4 Å². The number of rotatable bonds is 10. The Morgan fingerprint density at radius 1 is 1.09 bits per heavy atom. The molecule has 0 aromatic carbocycles. The van der Waals surface area contributed by atoms with Gasteiger partial charge in [0.25, 0.3) is 0 Å². The Hall–Kier alpha value is -1.96. The Bertz CT molecular complexity index is 902. The number of anilines is 2. The zero-order valence-electron chi connectivity index (χ0n) is 18.8. The first-order valence-electron chi connectivity index (χ1n) is 11.6. The average Bonchev–Trinajstić information content (AvgIpc) is 3.61. The Kier molecular flexibility index (Phi) is 7.81. The molecule has 32 heavy (non-hydrogen) atoms. The smallest absolute Gasteiger partial charge is 0.236 e. The number of aromatic nitrogens is 2. The summed E-state index contributed by atoms with van der Waals surface area (Å²) in [4.78, 5) is 8.41. The van der Waals surface area contributed by atoms with E-state index >= 15 is 0 Å². The maximum Gasteiger partial charge on any atom is 0.236 e. The molecule has 4 rings (SSSR count). The molecule has 2 saturated carbocycles. The molecule has 0 amide bonds. The molecule has 2 aromatic rings. The van der Waals surface area contributed by atoms with Crippen LogP contribution in [0, 0.1) is 11.9 Å². The predicted molar refractivity (Wildman–Crippen MR) is 128 cm³/mol. The molecule has 2 aromatic heterocycles. The molecule has 2 aliphatic carbocycles. The quantitative estimate of drug-likeness (QED) is 0.427. The van der Waals surface area contributed by atoms with E-state index in [-0.39, 0.29) is 0 Å². The first-order valence-corrected chi connectivity index (χ1v) is 12.0. The average molecular weight is 462 g/mol. The molecule has 0 saturated heterocycles. The minimum absolute atomic E-state index is 0.364. The summed E-state index contributed by atoms with van der Waals surface area (Å²) in [7, 11) is 1.74. The monoisotopic (exact) mass is 461 g/mol. The summed E-state index contributed by atoms with van der Waals surface area (Å²) in [5.74, 6) is 0.945. The SMILES string of the molecule is COC[C@H](C)N[C@H]1CC[C@H](Nc2cc(-c3cnc(F)c(NCC4CC4)c3)c(Cl)cn2)CC1. The van der Waals surface area contributed by atoms with Gasteiger partial charge in [-0.2, -0.15) is 4.39 Å². The second-order valence-electron chi connectivity index (χ2n) is 9.15. The van der Waals surface area contributed by atoms with E-state index in [4.69, 9.17) is 16.3 Å². The van der Waals surface area contributed by atoms with E-state index in [0.717, 1.165) is 55.8 Å². The normalized spacial score (nSPS) is 21.9. The van der Waals surface area contributed by atoms with Crippen molar-refractivity contribution in [1.29, 1.82) is 0 Å². The van der Waals surface area contributed by atoms with Crippen LogP contribution < -0.4 is 16.0 Å². The highest BCUT2D eigenvalue weighted by Gasteiger charge is 2.23. The van der Waals surface area contributed by atoms with Crippen LogP contribution in [0.1, 0.15) is 45.4 Å². The number of nitrogens with one attached hydrogen (secondary N) is 3. The van der Waals surface area contributed by atoms with Crippen LogP contribution in [0.3, 0.4) is 0 Å². The molecule has 8 heteroatoms. The lowest BCUT2D eigenvalue weighted by atomic mass is 9.90. The zero-order valence-corrected chi connectivity index (χ0v) is 19.6. The van der Waals surface area contributed by atoms with E-state index in [1.165, 1.54) is 19.0 Å². The maximum absolute atomic E-state index is 14.2. The molecule has 2 aliphatic rings. The van der Waals surface area contributed by atoms with Gasteiger partial charge in [0.2, 0.25) is 5.95 Å². The highest BCUT2D eigenvalue weighted by Crippen LogP contribution is 2.33. The van der Waals surface area contributed by atoms with Gasteiger partial charge in [0.05, 0.1) is 17.3 Å². The molecule has 0 unspecified atom stereocenters. The zero-order chi connectivity index (χ0) is 22.5. The standard InChI is InChI=1S/C24H33ClFN5O/c1-15(14-32-2)30-18-5-7-19(8-6-18)31-23-10-20(21(25)13-28-23)17-9-22(24(26)29-12-17)27-11-16-3-4-16/h9-10,12-13,15-16,18-19,27,30H,3-8,11,14H2,1-2H3,(H,28,31)/t15-,18-,19-/m0/s1. The number of nitrogens with zero attached hydrogens (tertiary/aromatic N) is 2. The van der Waals surface area contributed by atoms with Gasteiger partial charge < -0.3 is 20.7 Å². The van der Waals surface area contributed by atoms with E-state index in [2.05, 4.69) is 32.8 Å². The third kappa shape index (κ3) is 6.30. The van der Waals surface area contributed by atoms with Gasteiger partial charge in [-0.05, 0) is 63.5 Å². The second kappa shape index (κ2) is 10.8. The molecule has 1 atom stereocenters. The summed E-state index contributed by atoms with van der Waals surface area (Å²) in [6.45, 7) is 3.66. The van der Waals surface area contributed by atoms with Crippen LogP contribution in [0.15, 0.2) is 24.5 Å². The maximum atomic E-state index is 14.2. The van der Waals surface area contributed by atoms with Gasteiger partial charge in [0.1, 0.15) is 5.82 Å². The van der Waals surface area contributed by atoms with Crippen LogP contribution in [0.25, 0.3) is 11.1 Å². The number of methoxy groups -OCH3 is 1. The summed E-state index contributed by atoms with van der Waals surface area (Å²) in [5, 5.41) is 10.9. The van der Waals surface area contributed by atoms with E-state index in [1.807, 2.05) is 6.07 Å². The molecular weight excluding hydrogens is 429 g/mol. The van der Waals surface area contributed by atoms with E-state index < -0.39 is 5.95 Å². The Balaban J connectivity index is 1.38. The summed E-state index contributed by atoms with van der Waals surface area (Å²) in [5.41, 5.74) is 2.00. The molecule has 0 spiro atoms. The number of ether oxygens (including phenoxy) is 1. The van der Waals surface area contributed by atoms with E-state index in [9.17, 15) is 4.39 Å². The fraction of sp³-hybridized carbons (Fsp3) is 0.583. The summed E-state index contributed by atoms with van der Waals surface area (Å²) in [6, 6.07) is 4.98. The van der Waals surface area contributed by atoms with Crippen LogP contribution in [-0.4, -0.2) is 48.4 Å². The van der Waals surface area contributed by atoms with Crippen LogP contribution in [-0.2, 0) is 4.74 Å². The number of hydrogen-bond donors (Lipinski definition) is 3. The van der Waals surface area contributed by atoms with E-state index in [0.29, 0.717) is 34.8 Å². The number of halogens is 2. The lowest BCUT2D eigenvalue weighted by Gasteiger charge is -2.32. The number of pyridine rings is 2. The largest absolute Gasteiger partial charge is 0.383 e. The first kappa shape index (κ1) is 23.2. The fourth-order valence-corrected chi connectivity index (χ4v) is 4.56. The Morgan fingerprint density at radius 2 is 1.84 bits per heavy atom. The van der Waals surface area contributed by atoms with Crippen LogP contribution in [0.2, 0.25) is 5.02 Å². The second-order valence-corrected chi connectivity index (χ2v) is 9.56. The Morgan fingerprint density at radius 3 is 2.56 bits per heavy atom. The van der Waals surface area contributed by atoms with Crippen molar-refractivity contribution in [3.63, 3.8) is 0 Å². The molecule has 2 fully saturated rings. The van der Waals surface area contributed by atoms with Crippen molar-refractivity contribution in [3.05, 3.63) is 35.5 Å². The van der Waals surface area contributed by atoms with Gasteiger partial charge in [0.15, 0.2) is 0 Å². The van der Waals surface area contributed by atoms with Crippen LogP contribution in [0.4, 0.5) is 15.9 Å². The summed E-state index contributed by atoms with van der Waals surface area (Å²) >= 11 is 6.45. The first-order chi connectivity index (χ1) is 15.5. The van der Waals surface area contributed by atoms with Gasteiger partial charge in [-0.1, -0.05) is 11.6 Å². The molecule has 0 aliphatic heterocycles. The summed E-state index contributed by atoms with van der Waals surface area (Å²) in [6.07, 6.45) is 9.97. The van der Waals surface area contributed by atoms with Gasteiger partial charge in [0, 0.05) is 55.3 Å². The minimum Gasteiger partial charge on any atom is -0.383 e. The highest BCUT2D eigenvalue weighted by atomic mass is 35.5. The highest BCUT2D eigenvalue weighted by molar-refractivity contribution is 6.33. The van der Waals surface area contributed by atoms with Crippen molar-refractivity contribution in [3.8, 4) is 11.1 Å². The summed E-state index contributed by atoms with van der Waals surface area (Å²) < 4.78 is 19.4. The van der Waals surface area contributed by atoms with Crippen molar-refractivity contribution in [2.75, 3.05) is 30.9 Å².